The van der Waals surface area contributed by atoms with Gasteiger partial charge >= 0.3 is 6.09 Å². The summed E-state index contributed by atoms with van der Waals surface area (Å²) in [6, 6.07) is 15.7. The Morgan fingerprint density at radius 1 is 0.939 bits per heavy atom. The van der Waals surface area contributed by atoms with E-state index in [2.05, 4.69) is 68.8 Å². The fourth-order valence-electron chi connectivity index (χ4n) is 6.19. The first-order chi connectivity index (χ1) is 22.3. The molecule has 4 bridgehead atoms. The van der Waals surface area contributed by atoms with Gasteiger partial charge in [0.1, 0.15) is 17.7 Å². The van der Waals surface area contributed by atoms with Gasteiger partial charge in [0.25, 0.3) is 0 Å². The maximum absolute atomic E-state index is 13.9. The number of nitrogens with zero attached hydrogens (tertiary/aromatic N) is 3. The minimum absolute atomic E-state index is 0. The largest absolute Gasteiger partial charge is 0.453 e. The average Bonchev–Trinajstić information content (AvgIpc) is 3.81. The number of amides is 2. The molecule has 0 radical (unpaired) electrons. The van der Waals surface area contributed by atoms with Crippen LogP contribution < -0.4 is 5.32 Å². The third kappa shape index (κ3) is 9.23. The highest BCUT2D eigenvalue weighted by Crippen LogP contribution is 2.36. The molecular weight excluding hydrogens is 681 g/mol. The highest BCUT2D eigenvalue weighted by molar-refractivity contribution is 7.59. The number of imidazole rings is 2. The van der Waals surface area contributed by atoms with Crippen molar-refractivity contribution in [1.29, 1.82) is 0 Å². The number of alkyl carbamates (subject to hydrolysis) is 1. The quantitative estimate of drug-likeness (QED) is 0.218. The van der Waals surface area contributed by atoms with Crippen molar-refractivity contribution in [2.24, 2.45) is 5.92 Å². The molecule has 0 aliphatic carbocycles. The molecule has 11 nitrogen and oxygen atoms in total. The molecule has 2 amide bonds. The zero-order chi connectivity index (χ0) is 32.2. The van der Waals surface area contributed by atoms with Crippen LogP contribution in [0, 0.1) is 12.8 Å². The van der Waals surface area contributed by atoms with Gasteiger partial charge in [-0.3, -0.25) is 4.79 Å². The topological polar surface area (TPSA) is 134 Å². The van der Waals surface area contributed by atoms with E-state index in [0.717, 1.165) is 58.0 Å². The van der Waals surface area contributed by atoms with E-state index >= 15 is 0 Å². The van der Waals surface area contributed by atoms with E-state index in [9.17, 15) is 9.59 Å². The molecule has 2 aliphatic rings. The number of methoxy groups -OCH3 is 1. The SMILES string of the molecule is COC(=O)N[C@H](C(=O)N1C[C@@H]2C[C@H]1c1nc(-c3ccc(-c4ccc(-c5cnc(C)[nH]5)cc4)cc3)c([nH]1)COCCCCO2)C(C)C.S.S.S. The van der Waals surface area contributed by atoms with Crippen LogP contribution in [0.25, 0.3) is 33.6 Å². The predicted molar refractivity (Wildman–Crippen MR) is 205 cm³/mol. The summed E-state index contributed by atoms with van der Waals surface area (Å²) in [7, 11) is 1.30. The number of aromatic nitrogens is 4. The van der Waals surface area contributed by atoms with Gasteiger partial charge in [-0.15, -0.1) is 0 Å². The highest BCUT2D eigenvalue weighted by atomic mass is 32.1. The number of likely N-dealkylation sites (tertiary alicyclic amines) is 1. The van der Waals surface area contributed by atoms with Gasteiger partial charge in [-0.1, -0.05) is 62.4 Å². The number of H-pyrrole nitrogens is 2. The number of ether oxygens (including phenoxy) is 3. The molecule has 2 aromatic heterocycles. The van der Waals surface area contributed by atoms with Gasteiger partial charge in [-0.25, -0.2) is 14.8 Å². The van der Waals surface area contributed by atoms with Crippen molar-refractivity contribution in [3.8, 4) is 33.6 Å². The monoisotopic (exact) mass is 728 g/mol. The van der Waals surface area contributed by atoms with Gasteiger partial charge in [0.15, 0.2) is 0 Å². The molecule has 3 N–H and O–H groups in total. The summed E-state index contributed by atoms with van der Waals surface area (Å²) in [5, 5.41) is 2.73. The first-order valence-electron chi connectivity index (χ1n) is 16.0. The number of hydrogen-bond donors (Lipinski definition) is 3. The van der Waals surface area contributed by atoms with Gasteiger partial charge in [-0.2, -0.15) is 40.5 Å². The van der Waals surface area contributed by atoms with E-state index in [4.69, 9.17) is 19.2 Å². The zero-order valence-corrected chi connectivity index (χ0v) is 31.3. The third-order valence-corrected chi connectivity index (χ3v) is 8.72. The number of carbonyl (C=O) groups excluding carboxylic acids is 2. The normalized spacial score (nSPS) is 18.0. The lowest BCUT2D eigenvalue weighted by Gasteiger charge is -2.29. The molecule has 2 aliphatic heterocycles. The lowest BCUT2D eigenvalue weighted by molar-refractivity contribution is -0.136. The Bertz CT molecular complexity index is 1660. The first-order valence-corrected chi connectivity index (χ1v) is 16.0. The summed E-state index contributed by atoms with van der Waals surface area (Å²) in [4.78, 5) is 44.0. The highest BCUT2D eigenvalue weighted by Gasteiger charge is 2.42. The molecule has 0 spiro atoms. The molecule has 2 aromatic carbocycles. The van der Waals surface area contributed by atoms with Crippen molar-refractivity contribution in [2.75, 3.05) is 26.9 Å². The van der Waals surface area contributed by atoms with Crippen LogP contribution in [0.2, 0.25) is 0 Å². The Labute approximate surface area is 308 Å². The Hall–Kier alpha value is -3.43. The number of benzene rings is 2. The molecule has 14 heteroatoms. The molecule has 4 heterocycles. The number of fused-ring (bicyclic) bond motifs is 5. The number of nitrogens with one attached hydrogen (secondary N) is 3. The van der Waals surface area contributed by atoms with Crippen LogP contribution in [0.3, 0.4) is 0 Å². The van der Waals surface area contributed by atoms with Crippen LogP contribution in [0.5, 0.6) is 0 Å². The minimum Gasteiger partial charge on any atom is -0.453 e. The summed E-state index contributed by atoms with van der Waals surface area (Å²) in [5.41, 5.74) is 6.91. The van der Waals surface area contributed by atoms with Crippen LogP contribution in [0.15, 0.2) is 54.7 Å². The number of hydrogen-bond acceptors (Lipinski definition) is 7. The van der Waals surface area contributed by atoms with Crippen LogP contribution in [-0.4, -0.2) is 75.9 Å². The van der Waals surface area contributed by atoms with E-state index in [1.807, 2.05) is 27.0 Å². The second-order valence-corrected chi connectivity index (χ2v) is 12.3. The second-order valence-electron chi connectivity index (χ2n) is 12.3. The molecule has 0 saturated carbocycles. The molecule has 0 unspecified atom stereocenters. The van der Waals surface area contributed by atoms with Crippen molar-refractivity contribution in [1.82, 2.24) is 30.2 Å². The molecule has 4 aromatic rings. The minimum atomic E-state index is -0.741. The van der Waals surface area contributed by atoms with Crippen molar-refractivity contribution >= 4 is 52.5 Å². The fraction of sp³-hybridized carbons (Fsp3) is 0.429. The predicted octanol–water partition coefficient (Wildman–Crippen LogP) is 6.13. The molecule has 3 atom stereocenters. The van der Waals surface area contributed by atoms with E-state index in [1.165, 1.54) is 7.11 Å². The maximum atomic E-state index is 13.9. The van der Waals surface area contributed by atoms with Crippen molar-refractivity contribution in [2.45, 2.75) is 64.8 Å². The molecule has 1 fully saturated rings. The molecule has 266 valence electrons. The lowest BCUT2D eigenvalue weighted by Crippen LogP contribution is -2.51. The summed E-state index contributed by atoms with van der Waals surface area (Å²) in [6.45, 7) is 7.77. The Kier molecular flexibility index (Phi) is 14.7. The summed E-state index contributed by atoms with van der Waals surface area (Å²) in [5.74, 6) is 1.25. The third-order valence-electron chi connectivity index (χ3n) is 8.72. The van der Waals surface area contributed by atoms with Crippen molar-refractivity contribution in [3.05, 3.63) is 72.1 Å². The smallest absolute Gasteiger partial charge is 0.407 e. The second kappa shape index (κ2) is 18.0. The van der Waals surface area contributed by atoms with Gasteiger partial charge in [0, 0.05) is 31.7 Å². The fourth-order valence-corrected chi connectivity index (χ4v) is 6.19. The Morgan fingerprint density at radius 2 is 1.57 bits per heavy atom. The van der Waals surface area contributed by atoms with E-state index in [1.54, 1.807) is 4.90 Å². The number of carbonyl (C=O) groups is 2. The standard InChI is InChI=1S/C35H42N6O5.3H2S/c1-21(2)31(40-35(43)44-4)34(42)41-19-27-17-30(41)33-38-29(20-45-15-5-6-16-46-27)32(39-33)26-13-9-24(10-14-26)23-7-11-25(12-8-23)28-18-36-22(3)37-28;;;/h7-14,18,21,27,30-31H,5-6,15-17,19-20H2,1-4H3,(H,36,37)(H,38,39)(H,40,43);3*1H2/t27-,30-,31-;;;/m0.../s1. The van der Waals surface area contributed by atoms with Gasteiger partial charge in [-0.05, 0) is 42.4 Å². The maximum Gasteiger partial charge on any atom is 0.407 e. The van der Waals surface area contributed by atoms with Crippen molar-refractivity contribution in [3.63, 3.8) is 0 Å². The summed E-state index contributed by atoms with van der Waals surface area (Å²) in [6.07, 6.45) is 3.43. The average molecular weight is 729 g/mol. The van der Waals surface area contributed by atoms with E-state index in [0.29, 0.717) is 38.6 Å². The first kappa shape index (κ1) is 40.0. The molecule has 49 heavy (non-hydrogen) atoms. The van der Waals surface area contributed by atoms with Crippen molar-refractivity contribution < 1.29 is 23.8 Å². The molecule has 6 rings (SSSR count). The Balaban J connectivity index is 0.00000217. The van der Waals surface area contributed by atoms with Crippen LogP contribution in [0.1, 0.15) is 56.5 Å². The van der Waals surface area contributed by atoms with Crippen LogP contribution in [0.4, 0.5) is 4.79 Å². The van der Waals surface area contributed by atoms with Gasteiger partial charge < -0.3 is 34.4 Å². The zero-order valence-electron chi connectivity index (χ0n) is 28.3. The van der Waals surface area contributed by atoms with Crippen LogP contribution in [-0.2, 0) is 25.6 Å². The number of aryl methyl sites for hydroxylation is 1. The van der Waals surface area contributed by atoms with E-state index in [-0.39, 0.29) is 64.5 Å². The lowest BCUT2D eigenvalue weighted by atomic mass is 10.0. The van der Waals surface area contributed by atoms with Gasteiger partial charge in [0.2, 0.25) is 5.91 Å². The van der Waals surface area contributed by atoms with Gasteiger partial charge in [0.05, 0.1) is 49.1 Å². The van der Waals surface area contributed by atoms with Crippen LogP contribution >= 0.6 is 40.5 Å². The van der Waals surface area contributed by atoms with E-state index < -0.39 is 12.1 Å². The molecule has 1 saturated heterocycles. The molecular formula is C35H48N6O5S3. The summed E-state index contributed by atoms with van der Waals surface area (Å²) < 4.78 is 17.1. The summed E-state index contributed by atoms with van der Waals surface area (Å²) >= 11 is 0. The number of aromatic amines is 2. The number of rotatable bonds is 6. The Morgan fingerprint density at radius 3 is 2.18 bits per heavy atom.